The van der Waals surface area contributed by atoms with Gasteiger partial charge in [0.1, 0.15) is 12.1 Å². The molecule has 0 aromatic heterocycles. The fourth-order valence-electron chi connectivity index (χ4n) is 4.61. The minimum Gasteiger partial charge on any atom is -0.303 e. The second-order valence-corrected chi connectivity index (χ2v) is 6.27. The lowest BCUT2D eigenvalue weighted by atomic mass is 9.85. The van der Waals surface area contributed by atoms with Crippen molar-refractivity contribution in [1.29, 1.82) is 0 Å². The summed E-state index contributed by atoms with van der Waals surface area (Å²) in [5.41, 5.74) is 3.22. The molecule has 1 fully saturated rings. The number of benzene rings is 3. The molecule has 1 nitrogen and oxygen atoms in total. The van der Waals surface area contributed by atoms with E-state index in [2.05, 4.69) is 36.4 Å². The van der Waals surface area contributed by atoms with E-state index in [1.54, 1.807) is 0 Å². The Labute approximate surface area is 127 Å². The van der Waals surface area contributed by atoms with Crippen LogP contribution in [0.2, 0.25) is 0 Å². The molecule has 2 heteroatoms. The minimum atomic E-state index is -0.293. The van der Waals surface area contributed by atoms with Gasteiger partial charge in [-0.2, -0.15) is 0 Å². The smallest absolute Gasteiger partial charge is 0.124 e. The Morgan fingerprint density at radius 1 is 0.955 bits per heavy atom. The molecule has 3 atom stereocenters. The van der Waals surface area contributed by atoms with Crippen molar-refractivity contribution in [2.45, 2.75) is 11.3 Å². The standard InChI is InChI=1S/C20H13FO/c21-14-9-7-13(8-10-14)20-16-6-2-4-12-3-1-5-15(18(12)16)19(20)17(20)11-22/h1-11,17,19H/t17-,19+,20-/m1/s1. The molecule has 3 aromatic rings. The van der Waals surface area contributed by atoms with Crippen molar-refractivity contribution in [2.24, 2.45) is 5.92 Å². The fraction of sp³-hybridized carbons (Fsp3) is 0.150. The molecule has 0 heterocycles. The number of rotatable bonds is 2. The minimum absolute atomic E-state index is 0.0431. The van der Waals surface area contributed by atoms with Crippen molar-refractivity contribution in [2.75, 3.05) is 0 Å². The molecule has 0 amide bonds. The maximum Gasteiger partial charge on any atom is 0.124 e. The van der Waals surface area contributed by atoms with Gasteiger partial charge in [0.15, 0.2) is 0 Å². The summed E-state index contributed by atoms with van der Waals surface area (Å²) >= 11 is 0. The molecule has 2 aliphatic rings. The van der Waals surface area contributed by atoms with Crippen molar-refractivity contribution >= 4 is 17.1 Å². The maximum absolute atomic E-state index is 13.3. The van der Waals surface area contributed by atoms with Gasteiger partial charge < -0.3 is 4.79 Å². The van der Waals surface area contributed by atoms with E-state index in [0.717, 1.165) is 11.8 Å². The highest BCUT2D eigenvalue weighted by molar-refractivity contribution is 5.99. The summed E-state index contributed by atoms with van der Waals surface area (Å²) in [7, 11) is 0. The zero-order chi connectivity index (χ0) is 14.9. The highest BCUT2D eigenvalue weighted by Gasteiger charge is 2.70. The summed E-state index contributed by atoms with van der Waals surface area (Å²) < 4.78 is 13.3. The first-order valence-electron chi connectivity index (χ1n) is 7.52. The Morgan fingerprint density at radius 2 is 1.68 bits per heavy atom. The molecule has 2 aliphatic carbocycles. The monoisotopic (exact) mass is 288 g/mol. The molecular weight excluding hydrogens is 275 g/mol. The van der Waals surface area contributed by atoms with E-state index >= 15 is 0 Å². The molecule has 5 rings (SSSR count). The van der Waals surface area contributed by atoms with Gasteiger partial charge in [-0.05, 0) is 39.6 Å². The van der Waals surface area contributed by atoms with E-state index in [-0.39, 0.29) is 23.1 Å². The van der Waals surface area contributed by atoms with Gasteiger partial charge in [0.05, 0.1) is 0 Å². The summed E-state index contributed by atoms with van der Waals surface area (Å²) in [6.07, 6.45) is 1.07. The van der Waals surface area contributed by atoms with Crippen LogP contribution in [0.25, 0.3) is 10.8 Å². The van der Waals surface area contributed by atoms with Gasteiger partial charge >= 0.3 is 0 Å². The molecule has 0 bridgehead atoms. The summed E-state index contributed by atoms with van der Waals surface area (Å²) in [6, 6.07) is 19.2. The van der Waals surface area contributed by atoms with E-state index in [1.165, 1.54) is 34.0 Å². The van der Waals surface area contributed by atoms with Gasteiger partial charge in [0.25, 0.3) is 0 Å². The Hall–Kier alpha value is -2.48. The van der Waals surface area contributed by atoms with Gasteiger partial charge in [0, 0.05) is 17.3 Å². The quantitative estimate of drug-likeness (QED) is 0.646. The molecular formula is C20H13FO. The normalized spacial score (nSPS) is 27.7. The van der Waals surface area contributed by atoms with Crippen molar-refractivity contribution in [3.05, 3.63) is 83.2 Å². The molecule has 0 N–H and O–H groups in total. The average molecular weight is 288 g/mol. The SMILES string of the molecule is O=C[C@@H]1[C@@H]2c3cccc4cccc(c34)[C@]12c1ccc(F)cc1. The number of fused-ring (bicyclic) bond motifs is 3. The lowest BCUT2D eigenvalue weighted by Gasteiger charge is -2.17. The molecule has 22 heavy (non-hydrogen) atoms. The van der Waals surface area contributed by atoms with Crippen molar-refractivity contribution in [3.63, 3.8) is 0 Å². The molecule has 3 aromatic carbocycles. The first kappa shape index (κ1) is 12.1. The first-order valence-corrected chi connectivity index (χ1v) is 7.52. The van der Waals surface area contributed by atoms with Crippen LogP contribution in [0, 0.1) is 11.7 Å². The molecule has 0 radical (unpaired) electrons. The van der Waals surface area contributed by atoms with Crippen LogP contribution >= 0.6 is 0 Å². The topological polar surface area (TPSA) is 17.1 Å². The molecule has 0 unspecified atom stereocenters. The van der Waals surface area contributed by atoms with Crippen molar-refractivity contribution in [3.8, 4) is 0 Å². The van der Waals surface area contributed by atoms with Crippen LogP contribution in [-0.2, 0) is 10.2 Å². The lowest BCUT2D eigenvalue weighted by molar-refractivity contribution is -0.109. The fourth-order valence-corrected chi connectivity index (χ4v) is 4.61. The van der Waals surface area contributed by atoms with Gasteiger partial charge in [-0.15, -0.1) is 0 Å². The zero-order valence-corrected chi connectivity index (χ0v) is 11.8. The van der Waals surface area contributed by atoms with Crippen LogP contribution in [0.1, 0.15) is 22.6 Å². The van der Waals surface area contributed by atoms with Gasteiger partial charge in [-0.25, -0.2) is 4.39 Å². The van der Waals surface area contributed by atoms with Gasteiger partial charge in [-0.3, -0.25) is 0 Å². The molecule has 0 spiro atoms. The second kappa shape index (κ2) is 3.83. The Bertz CT molecular complexity index is 923. The summed E-state index contributed by atoms with van der Waals surface area (Å²) in [5.74, 6) is -0.0938. The van der Waals surface area contributed by atoms with E-state index in [0.29, 0.717) is 0 Å². The number of hydrogen-bond acceptors (Lipinski definition) is 1. The average Bonchev–Trinajstić information content (AvgIpc) is 3.15. The second-order valence-electron chi connectivity index (χ2n) is 6.27. The maximum atomic E-state index is 13.3. The number of carbonyl (C=O) groups is 1. The Kier molecular flexibility index (Phi) is 2.11. The van der Waals surface area contributed by atoms with E-state index < -0.39 is 0 Å². The largest absolute Gasteiger partial charge is 0.303 e. The van der Waals surface area contributed by atoms with Crippen molar-refractivity contribution < 1.29 is 9.18 Å². The predicted octanol–water partition coefficient (Wildman–Crippen LogP) is 4.19. The summed E-state index contributed by atoms with van der Waals surface area (Å²) in [5, 5.41) is 2.49. The van der Waals surface area contributed by atoms with Gasteiger partial charge in [-0.1, -0.05) is 48.5 Å². The van der Waals surface area contributed by atoms with Crippen LogP contribution in [-0.4, -0.2) is 6.29 Å². The van der Waals surface area contributed by atoms with Crippen LogP contribution in [0.3, 0.4) is 0 Å². The number of hydrogen-bond donors (Lipinski definition) is 0. The molecule has 0 saturated heterocycles. The third-order valence-electron chi connectivity index (χ3n) is 5.45. The van der Waals surface area contributed by atoms with E-state index in [9.17, 15) is 9.18 Å². The highest BCUT2D eigenvalue weighted by atomic mass is 19.1. The summed E-state index contributed by atoms with van der Waals surface area (Å²) in [4.78, 5) is 11.7. The third-order valence-corrected chi connectivity index (χ3v) is 5.45. The highest BCUT2D eigenvalue weighted by Crippen LogP contribution is 2.73. The van der Waals surface area contributed by atoms with Crippen LogP contribution < -0.4 is 0 Å². The Balaban J connectivity index is 1.85. The number of halogens is 1. The summed E-state index contributed by atoms with van der Waals surface area (Å²) in [6.45, 7) is 0. The first-order chi connectivity index (χ1) is 10.8. The van der Waals surface area contributed by atoms with Crippen LogP contribution in [0.5, 0.6) is 0 Å². The zero-order valence-electron chi connectivity index (χ0n) is 11.8. The predicted molar refractivity (Wildman–Crippen MR) is 83.4 cm³/mol. The molecule has 106 valence electrons. The van der Waals surface area contributed by atoms with E-state index in [1.807, 2.05) is 12.1 Å². The van der Waals surface area contributed by atoms with Crippen LogP contribution in [0.4, 0.5) is 4.39 Å². The third kappa shape index (κ3) is 1.19. The Morgan fingerprint density at radius 3 is 2.41 bits per heavy atom. The molecule has 0 aliphatic heterocycles. The molecule has 1 saturated carbocycles. The van der Waals surface area contributed by atoms with Crippen LogP contribution in [0.15, 0.2) is 60.7 Å². The van der Waals surface area contributed by atoms with Crippen molar-refractivity contribution in [1.82, 2.24) is 0 Å². The lowest BCUT2D eigenvalue weighted by Crippen LogP contribution is -2.12. The number of aldehydes is 1. The van der Waals surface area contributed by atoms with E-state index in [4.69, 9.17) is 0 Å². The van der Waals surface area contributed by atoms with Gasteiger partial charge in [0.2, 0.25) is 0 Å². The number of carbonyl (C=O) groups excluding carboxylic acids is 1.